The summed E-state index contributed by atoms with van der Waals surface area (Å²) in [6.45, 7) is 5.81. The second-order valence-corrected chi connectivity index (χ2v) is 4.82. The Hall–Kier alpha value is -1.22. The molecule has 3 nitrogen and oxygen atoms in total. The van der Waals surface area contributed by atoms with Gasteiger partial charge >= 0.3 is 0 Å². The minimum atomic E-state index is 0.660. The maximum absolute atomic E-state index is 5.37. The number of piperidine rings is 1. The Balaban J connectivity index is 2.09. The van der Waals surface area contributed by atoms with Gasteiger partial charge in [-0.15, -0.1) is 0 Å². The van der Waals surface area contributed by atoms with E-state index in [-0.39, 0.29) is 0 Å². The predicted molar refractivity (Wildman–Crippen MR) is 73.6 cm³/mol. The lowest BCUT2D eigenvalue weighted by Crippen LogP contribution is -2.32. The van der Waals surface area contributed by atoms with Crippen molar-refractivity contribution in [2.75, 3.05) is 33.9 Å². The van der Waals surface area contributed by atoms with Crippen LogP contribution in [0.4, 0.5) is 0 Å². The fourth-order valence-electron chi connectivity index (χ4n) is 2.69. The summed E-state index contributed by atoms with van der Waals surface area (Å²) in [5, 5.41) is 0. The minimum Gasteiger partial charge on any atom is -0.493 e. The van der Waals surface area contributed by atoms with Gasteiger partial charge < -0.3 is 14.4 Å². The molecule has 1 aliphatic heterocycles. The van der Waals surface area contributed by atoms with Gasteiger partial charge in [-0.1, -0.05) is 13.0 Å². The fraction of sp³-hybridized carbons (Fsp3) is 0.600. The molecule has 0 unspecified atom stereocenters. The molecule has 2 rings (SSSR count). The van der Waals surface area contributed by atoms with Crippen molar-refractivity contribution in [1.29, 1.82) is 0 Å². The highest BCUT2D eigenvalue weighted by Crippen LogP contribution is 2.34. The van der Waals surface area contributed by atoms with Gasteiger partial charge in [0.1, 0.15) is 0 Å². The molecule has 1 fully saturated rings. The van der Waals surface area contributed by atoms with Crippen LogP contribution in [0.2, 0.25) is 0 Å². The topological polar surface area (TPSA) is 21.7 Å². The molecule has 0 aliphatic carbocycles. The van der Waals surface area contributed by atoms with Crippen LogP contribution in [-0.4, -0.2) is 38.8 Å². The second kappa shape index (κ2) is 6.10. The van der Waals surface area contributed by atoms with E-state index in [1.807, 2.05) is 6.07 Å². The number of rotatable bonds is 4. The molecule has 0 N–H and O–H groups in total. The van der Waals surface area contributed by atoms with Crippen LogP contribution in [0.1, 0.15) is 31.2 Å². The molecule has 0 amide bonds. The first-order chi connectivity index (χ1) is 8.78. The van der Waals surface area contributed by atoms with Crippen LogP contribution in [0.3, 0.4) is 0 Å². The molecule has 0 radical (unpaired) electrons. The van der Waals surface area contributed by atoms with Crippen molar-refractivity contribution < 1.29 is 9.47 Å². The first kappa shape index (κ1) is 13.2. The first-order valence-corrected chi connectivity index (χ1v) is 6.72. The molecule has 18 heavy (non-hydrogen) atoms. The molecular formula is C15H23NO2. The van der Waals surface area contributed by atoms with Crippen molar-refractivity contribution in [2.45, 2.75) is 25.7 Å². The second-order valence-electron chi connectivity index (χ2n) is 4.82. The van der Waals surface area contributed by atoms with E-state index in [9.17, 15) is 0 Å². The van der Waals surface area contributed by atoms with Gasteiger partial charge in [0.05, 0.1) is 14.2 Å². The lowest BCUT2D eigenvalue weighted by molar-refractivity contribution is 0.222. The number of hydrogen-bond acceptors (Lipinski definition) is 3. The molecular weight excluding hydrogens is 226 g/mol. The third kappa shape index (κ3) is 2.78. The summed E-state index contributed by atoms with van der Waals surface area (Å²) in [4.78, 5) is 2.51. The van der Waals surface area contributed by atoms with Crippen LogP contribution in [-0.2, 0) is 0 Å². The van der Waals surface area contributed by atoms with Crippen molar-refractivity contribution in [1.82, 2.24) is 4.90 Å². The number of likely N-dealkylation sites (tertiary alicyclic amines) is 1. The van der Waals surface area contributed by atoms with Gasteiger partial charge in [-0.05, 0) is 56.1 Å². The molecule has 0 spiro atoms. The monoisotopic (exact) mass is 249 g/mol. The highest BCUT2D eigenvalue weighted by Gasteiger charge is 2.20. The number of benzene rings is 1. The normalized spacial score (nSPS) is 17.7. The third-order valence-corrected chi connectivity index (χ3v) is 3.91. The van der Waals surface area contributed by atoms with Crippen molar-refractivity contribution in [3.63, 3.8) is 0 Å². The van der Waals surface area contributed by atoms with Gasteiger partial charge in [-0.3, -0.25) is 0 Å². The lowest BCUT2D eigenvalue weighted by Gasteiger charge is -2.31. The van der Waals surface area contributed by atoms with E-state index in [1.54, 1.807) is 14.2 Å². The van der Waals surface area contributed by atoms with E-state index < -0.39 is 0 Å². The summed E-state index contributed by atoms with van der Waals surface area (Å²) in [5.74, 6) is 2.31. The van der Waals surface area contributed by atoms with E-state index in [4.69, 9.17) is 9.47 Å². The average Bonchev–Trinajstić information content (AvgIpc) is 2.46. The molecule has 0 aromatic heterocycles. The van der Waals surface area contributed by atoms with Gasteiger partial charge in [-0.2, -0.15) is 0 Å². The third-order valence-electron chi connectivity index (χ3n) is 3.91. The van der Waals surface area contributed by atoms with E-state index in [0.717, 1.165) is 11.5 Å². The maximum Gasteiger partial charge on any atom is 0.160 e. The zero-order valence-electron chi connectivity index (χ0n) is 11.6. The molecule has 0 bridgehead atoms. The van der Waals surface area contributed by atoms with Crippen molar-refractivity contribution in [2.24, 2.45) is 0 Å². The van der Waals surface area contributed by atoms with Gasteiger partial charge in [-0.25, -0.2) is 0 Å². The Morgan fingerprint density at radius 1 is 1.11 bits per heavy atom. The SMILES string of the molecule is CCN1CCC(c2ccc(OC)c(OC)c2)CC1. The Morgan fingerprint density at radius 3 is 2.33 bits per heavy atom. The summed E-state index contributed by atoms with van der Waals surface area (Å²) >= 11 is 0. The number of methoxy groups -OCH3 is 2. The number of hydrogen-bond donors (Lipinski definition) is 0. The largest absolute Gasteiger partial charge is 0.493 e. The Morgan fingerprint density at radius 2 is 1.78 bits per heavy atom. The molecule has 0 atom stereocenters. The summed E-state index contributed by atoms with van der Waals surface area (Å²) in [6, 6.07) is 6.32. The van der Waals surface area contributed by atoms with Crippen LogP contribution in [0.5, 0.6) is 11.5 Å². The Kier molecular flexibility index (Phi) is 4.48. The van der Waals surface area contributed by atoms with E-state index in [1.165, 1.54) is 38.0 Å². The molecule has 1 aliphatic rings. The zero-order chi connectivity index (χ0) is 13.0. The highest BCUT2D eigenvalue weighted by atomic mass is 16.5. The van der Waals surface area contributed by atoms with Crippen molar-refractivity contribution in [3.8, 4) is 11.5 Å². The summed E-state index contributed by atoms with van der Waals surface area (Å²) in [5.41, 5.74) is 1.38. The van der Waals surface area contributed by atoms with Crippen LogP contribution >= 0.6 is 0 Å². The van der Waals surface area contributed by atoms with Gasteiger partial charge in [0.2, 0.25) is 0 Å². The molecule has 1 aromatic carbocycles. The molecule has 1 saturated heterocycles. The molecule has 0 saturated carbocycles. The maximum atomic E-state index is 5.37. The average molecular weight is 249 g/mol. The zero-order valence-corrected chi connectivity index (χ0v) is 11.6. The van der Waals surface area contributed by atoms with E-state index in [0.29, 0.717) is 5.92 Å². The Labute approximate surface area is 110 Å². The molecule has 1 heterocycles. The number of nitrogens with zero attached hydrogens (tertiary/aromatic N) is 1. The van der Waals surface area contributed by atoms with Gasteiger partial charge in [0, 0.05) is 0 Å². The van der Waals surface area contributed by atoms with E-state index in [2.05, 4.69) is 24.0 Å². The first-order valence-electron chi connectivity index (χ1n) is 6.72. The molecule has 100 valence electrons. The summed E-state index contributed by atoms with van der Waals surface area (Å²) in [7, 11) is 3.37. The molecule has 1 aromatic rings. The van der Waals surface area contributed by atoms with Crippen LogP contribution in [0.15, 0.2) is 18.2 Å². The predicted octanol–water partition coefficient (Wildman–Crippen LogP) is 2.90. The van der Waals surface area contributed by atoms with Gasteiger partial charge in [0.25, 0.3) is 0 Å². The van der Waals surface area contributed by atoms with Crippen LogP contribution in [0.25, 0.3) is 0 Å². The standard InChI is InChI=1S/C15H23NO2/c1-4-16-9-7-12(8-10-16)13-5-6-14(17-2)15(11-13)18-3/h5-6,11-12H,4,7-10H2,1-3H3. The number of ether oxygens (including phenoxy) is 2. The van der Waals surface area contributed by atoms with Crippen LogP contribution in [0, 0.1) is 0 Å². The van der Waals surface area contributed by atoms with Gasteiger partial charge in [0.15, 0.2) is 11.5 Å². The quantitative estimate of drug-likeness (QED) is 0.819. The fourth-order valence-corrected chi connectivity index (χ4v) is 2.69. The highest BCUT2D eigenvalue weighted by molar-refractivity contribution is 5.44. The smallest absolute Gasteiger partial charge is 0.160 e. The summed E-state index contributed by atoms with van der Waals surface area (Å²) in [6.07, 6.45) is 2.48. The van der Waals surface area contributed by atoms with Crippen LogP contribution < -0.4 is 9.47 Å². The molecule has 3 heteroatoms. The Bertz CT molecular complexity index is 384. The van der Waals surface area contributed by atoms with E-state index >= 15 is 0 Å². The van der Waals surface area contributed by atoms with Crippen molar-refractivity contribution in [3.05, 3.63) is 23.8 Å². The minimum absolute atomic E-state index is 0.660. The van der Waals surface area contributed by atoms with Crippen molar-refractivity contribution >= 4 is 0 Å². The summed E-state index contributed by atoms with van der Waals surface area (Å²) < 4.78 is 10.7. The lowest BCUT2D eigenvalue weighted by atomic mass is 9.89.